The smallest absolute Gasteiger partial charge is 0.354 e. The van der Waals surface area contributed by atoms with Gasteiger partial charge in [-0.15, -0.1) is 15.7 Å². The molecule has 30 heavy (non-hydrogen) atoms. The van der Waals surface area contributed by atoms with E-state index in [1.807, 2.05) is 6.92 Å². The SMILES string of the molecule is Cc1c(C2CC2)cc2c(c1NC(=O)N=[S@](N)(=O)c1sc(C(C)(C)O)cc1F)CCC2. The molecule has 0 radical (unpaired) electrons. The zero-order valence-corrected chi connectivity index (χ0v) is 18.9. The van der Waals surface area contributed by atoms with E-state index >= 15 is 0 Å². The van der Waals surface area contributed by atoms with Crippen LogP contribution < -0.4 is 10.5 Å². The molecule has 1 aromatic heterocycles. The van der Waals surface area contributed by atoms with Gasteiger partial charge in [-0.3, -0.25) is 0 Å². The maximum Gasteiger partial charge on any atom is 0.354 e. The molecule has 1 saturated carbocycles. The van der Waals surface area contributed by atoms with Crippen LogP contribution in [0.5, 0.6) is 0 Å². The summed E-state index contributed by atoms with van der Waals surface area (Å²) in [6, 6.07) is 2.48. The Morgan fingerprint density at radius 3 is 2.67 bits per heavy atom. The number of carbonyl (C=O) groups is 1. The van der Waals surface area contributed by atoms with E-state index in [1.165, 1.54) is 25.0 Å². The van der Waals surface area contributed by atoms with Gasteiger partial charge in [-0.2, -0.15) is 0 Å². The third-order valence-corrected chi connectivity index (χ3v) is 9.04. The van der Waals surface area contributed by atoms with E-state index in [1.54, 1.807) is 0 Å². The van der Waals surface area contributed by atoms with Gasteiger partial charge in [0.05, 0.1) is 5.60 Å². The zero-order valence-electron chi connectivity index (χ0n) is 17.3. The molecule has 4 rings (SSSR count). The second-order valence-electron chi connectivity index (χ2n) is 8.63. The number of nitrogens with one attached hydrogen (secondary N) is 1. The lowest BCUT2D eigenvalue weighted by molar-refractivity contribution is 0.0823. The fourth-order valence-electron chi connectivity index (χ4n) is 4.01. The van der Waals surface area contributed by atoms with Crippen LogP contribution in [-0.2, 0) is 28.4 Å². The summed E-state index contributed by atoms with van der Waals surface area (Å²) in [5, 5.41) is 18.6. The van der Waals surface area contributed by atoms with Gasteiger partial charge in [0.2, 0.25) is 0 Å². The molecule has 2 aliphatic rings. The summed E-state index contributed by atoms with van der Waals surface area (Å²) in [5.41, 5.74) is 4.00. The average molecular weight is 452 g/mol. The van der Waals surface area contributed by atoms with Crippen molar-refractivity contribution in [1.29, 1.82) is 0 Å². The molecule has 2 aliphatic carbocycles. The van der Waals surface area contributed by atoms with Crippen LogP contribution in [0.2, 0.25) is 0 Å². The number of fused-ring (bicyclic) bond motifs is 1. The first-order valence-corrected chi connectivity index (χ1v) is 12.4. The van der Waals surface area contributed by atoms with Gasteiger partial charge < -0.3 is 10.4 Å². The molecular formula is C21H26FN3O3S2. The van der Waals surface area contributed by atoms with E-state index in [9.17, 15) is 18.5 Å². The Bertz CT molecular complexity index is 1150. The number of carbonyl (C=O) groups excluding carboxylic acids is 1. The number of halogens is 1. The Kier molecular flexibility index (Phi) is 5.29. The normalized spacial score (nSPS) is 18.1. The van der Waals surface area contributed by atoms with Gasteiger partial charge in [0.15, 0.2) is 19.9 Å². The van der Waals surface area contributed by atoms with Crippen LogP contribution in [0.3, 0.4) is 0 Å². The quantitative estimate of drug-likeness (QED) is 0.626. The molecule has 9 heteroatoms. The first kappa shape index (κ1) is 21.4. The number of amides is 2. The number of nitrogens with two attached hydrogens (primary N) is 1. The van der Waals surface area contributed by atoms with Crippen molar-refractivity contribution in [2.24, 2.45) is 9.50 Å². The number of hydrogen-bond acceptors (Lipinski definition) is 4. The summed E-state index contributed by atoms with van der Waals surface area (Å²) < 4.78 is 30.5. The summed E-state index contributed by atoms with van der Waals surface area (Å²) in [4.78, 5) is 12.9. The van der Waals surface area contributed by atoms with Gasteiger partial charge in [0.25, 0.3) is 0 Å². The Labute approximate surface area is 180 Å². The van der Waals surface area contributed by atoms with Crippen LogP contribution in [0.1, 0.15) is 66.2 Å². The molecular weight excluding hydrogens is 425 g/mol. The minimum Gasteiger partial charge on any atom is -0.385 e. The molecule has 4 N–H and O–H groups in total. The largest absolute Gasteiger partial charge is 0.385 e. The monoisotopic (exact) mass is 451 g/mol. The van der Waals surface area contributed by atoms with Crippen molar-refractivity contribution in [2.45, 2.75) is 68.6 Å². The number of aryl methyl sites for hydroxylation is 1. The number of aliphatic hydroxyl groups is 1. The van der Waals surface area contributed by atoms with E-state index in [2.05, 4.69) is 15.7 Å². The highest BCUT2D eigenvalue weighted by atomic mass is 32.2. The molecule has 1 fully saturated rings. The fourth-order valence-corrected chi connectivity index (χ4v) is 6.35. The van der Waals surface area contributed by atoms with E-state index in [-0.39, 0.29) is 9.09 Å². The number of nitrogens with zero attached hydrogens (tertiary/aromatic N) is 1. The molecule has 1 aromatic carbocycles. The minimum atomic E-state index is -3.80. The van der Waals surface area contributed by atoms with Gasteiger partial charge in [-0.05, 0) is 87.1 Å². The Balaban J connectivity index is 1.68. The maximum absolute atomic E-state index is 14.4. The molecule has 0 saturated heterocycles. The molecule has 0 bridgehead atoms. The van der Waals surface area contributed by atoms with Gasteiger partial charge in [-0.25, -0.2) is 18.5 Å². The molecule has 1 atom stereocenters. The molecule has 2 aromatic rings. The van der Waals surface area contributed by atoms with E-state index in [0.29, 0.717) is 5.92 Å². The molecule has 162 valence electrons. The standard InChI is InChI=1S/C21H26FN3O3S2/c1-11-15(12-7-8-12)9-13-5-4-6-14(13)18(11)24-20(26)25-30(23,28)19-16(22)10-17(29-19)21(2,3)27/h9-10,12,27H,4-8H2,1-3H3,(H3,23,24,25,26,28)/t30-/m0/s1. The predicted octanol–water partition coefficient (Wildman–Crippen LogP) is 4.72. The highest BCUT2D eigenvalue weighted by Crippen LogP contribution is 2.46. The molecule has 1 heterocycles. The van der Waals surface area contributed by atoms with E-state index < -0.39 is 27.4 Å². The van der Waals surface area contributed by atoms with Crippen molar-refractivity contribution in [1.82, 2.24) is 0 Å². The van der Waals surface area contributed by atoms with Gasteiger partial charge in [-0.1, -0.05) is 6.07 Å². The number of anilines is 1. The number of urea groups is 1. The van der Waals surface area contributed by atoms with Gasteiger partial charge >= 0.3 is 6.03 Å². The van der Waals surface area contributed by atoms with Crippen LogP contribution in [0.4, 0.5) is 14.9 Å². The lowest BCUT2D eigenvalue weighted by Crippen LogP contribution is -2.19. The molecule has 6 nitrogen and oxygen atoms in total. The average Bonchev–Trinajstić information content (AvgIpc) is 3.20. The Morgan fingerprint density at radius 2 is 2.07 bits per heavy atom. The molecule has 0 aliphatic heterocycles. The summed E-state index contributed by atoms with van der Waals surface area (Å²) >= 11 is 0.760. The van der Waals surface area contributed by atoms with Crippen molar-refractivity contribution in [3.8, 4) is 0 Å². The second-order valence-corrected chi connectivity index (χ2v) is 11.7. The highest BCUT2D eigenvalue weighted by Gasteiger charge is 2.30. The molecule has 2 amide bonds. The topological polar surface area (TPSA) is 105 Å². The summed E-state index contributed by atoms with van der Waals surface area (Å²) in [7, 11) is -3.80. The number of thiophene rings is 1. The predicted molar refractivity (Wildman–Crippen MR) is 117 cm³/mol. The second kappa shape index (κ2) is 7.40. The van der Waals surface area contributed by atoms with Crippen molar-refractivity contribution in [3.63, 3.8) is 0 Å². The van der Waals surface area contributed by atoms with Crippen molar-refractivity contribution in [2.75, 3.05) is 5.32 Å². The summed E-state index contributed by atoms with van der Waals surface area (Å²) in [6.07, 6.45) is 5.16. The molecule has 0 unspecified atom stereocenters. The lowest BCUT2D eigenvalue weighted by atomic mass is 9.95. The van der Waals surface area contributed by atoms with Crippen LogP contribution in [0.15, 0.2) is 20.7 Å². The van der Waals surface area contributed by atoms with Gasteiger partial charge in [0.1, 0.15) is 0 Å². The number of rotatable bonds is 4. The highest BCUT2D eigenvalue weighted by molar-refractivity contribution is 7.93. The van der Waals surface area contributed by atoms with Crippen LogP contribution >= 0.6 is 11.3 Å². The lowest BCUT2D eigenvalue weighted by Gasteiger charge is -2.17. The van der Waals surface area contributed by atoms with Gasteiger partial charge in [0, 0.05) is 10.6 Å². The Morgan fingerprint density at radius 1 is 1.37 bits per heavy atom. The number of hydrogen-bond donors (Lipinski definition) is 3. The van der Waals surface area contributed by atoms with Crippen molar-refractivity contribution in [3.05, 3.63) is 45.1 Å². The van der Waals surface area contributed by atoms with Crippen molar-refractivity contribution < 1.29 is 18.5 Å². The summed E-state index contributed by atoms with van der Waals surface area (Å²) in [5.74, 6) is -0.309. The van der Waals surface area contributed by atoms with E-state index in [0.717, 1.165) is 66.3 Å². The van der Waals surface area contributed by atoms with Crippen LogP contribution in [0.25, 0.3) is 0 Å². The first-order valence-electron chi connectivity index (χ1n) is 10.0. The fraction of sp³-hybridized carbons (Fsp3) is 0.476. The third-order valence-electron chi connectivity index (χ3n) is 5.69. The van der Waals surface area contributed by atoms with Crippen LogP contribution in [-0.4, -0.2) is 15.3 Å². The first-order chi connectivity index (χ1) is 14.0. The third kappa shape index (κ3) is 4.03. The minimum absolute atomic E-state index is 0.259. The van der Waals surface area contributed by atoms with E-state index in [4.69, 9.17) is 5.14 Å². The summed E-state index contributed by atoms with van der Waals surface area (Å²) in [6.45, 7) is 4.96. The molecule has 0 spiro atoms. The van der Waals surface area contributed by atoms with Crippen molar-refractivity contribution >= 4 is 33.0 Å². The number of benzene rings is 1. The maximum atomic E-state index is 14.4. The Hall–Kier alpha value is -1.81. The van der Waals surface area contributed by atoms with Crippen LogP contribution in [0, 0.1) is 12.7 Å². The zero-order chi connectivity index (χ0) is 21.8.